The lowest BCUT2D eigenvalue weighted by molar-refractivity contribution is -0.138. The van der Waals surface area contributed by atoms with Gasteiger partial charge in [-0.1, -0.05) is 17.7 Å². The number of hydrogen-bond donors (Lipinski definition) is 1. The van der Waals surface area contributed by atoms with Crippen molar-refractivity contribution < 1.29 is 18.0 Å². The van der Waals surface area contributed by atoms with E-state index in [0.29, 0.717) is 0 Å². The molecule has 0 radical (unpaired) electrons. The Morgan fingerprint density at radius 3 is 2.71 bits per heavy atom. The summed E-state index contributed by atoms with van der Waals surface area (Å²) in [5.41, 5.74) is -0.00785. The second kappa shape index (κ2) is 5.35. The van der Waals surface area contributed by atoms with Crippen LogP contribution in [0, 0.1) is 0 Å². The van der Waals surface area contributed by atoms with E-state index in [1.165, 1.54) is 25.1 Å². The fourth-order valence-electron chi connectivity index (χ4n) is 1.23. The van der Waals surface area contributed by atoms with Gasteiger partial charge in [-0.25, -0.2) is 4.98 Å². The lowest BCUT2D eigenvalue weighted by atomic mass is 10.2. The first-order valence-electron chi connectivity index (χ1n) is 4.78. The van der Waals surface area contributed by atoms with Crippen LogP contribution in [-0.4, -0.2) is 23.1 Å². The summed E-state index contributed by atoms with van der Waals surface area (Å²) in [6, 6.07) is 3.33. The monoisotopic (exact) mass is 266 g/mol. The van der Waals surface area contributed by atoms with Gasteiger partial charge in [-0.3, -0.25) is 4.79 Å². The van der Waals surface area contributed by atoms with Crippen molar-refractivity contribution in [3.05, 3.63) is 29.0 Å². The third kappa shape index (κ3) is 5.04. The quantitative estimate of drug-likeness (QED) is 0.855. The Morgan fingerprint density at radius 1 is 1.53 bits per heavy atom. The van der Waals surface area contributed by atoms with Crippen LogP contribution in [0.15, 0.2) is 18.2 Å². The molecule has 0 spiro atoms. The fourth-order valence-corrected chi connectivity index (χ4v) is 1.39. The van der Waals surface area contributed by atoms with Crippen molar-refractivity contribution in [1.29, 1.82) is 0 Å². The number of rotatable bonds is 3. The molecule has 94 valence electrons. The van der Waals surface area contributed by atoms with Crippen molar-refractivity contribution in [2.24, 2.45) is 0 Å². The van der Waals surface area contributed by atoms with E-state index in [9.17, 15) is 18.0 Å². The van der Waals surface area contributed by atoms with E-state index in [2.05, 4.69) is 10.3 Å². The molecule has 1 amide bonds. The van der Waals surface area contributed by atoms with E-state index in [1.807, 2.05) is 0 Å². The molecular formula is C10H10ClF3N2O. The molecule has 7 heteroatoms. The highest BCUT2D eigenvalue weighted by atomic mass is 35.5. The highest BCUT2D eigenvalue weighted by molar-refractivity contribution is 6.29. The van der Waals surface area contributed by atoms with E-state index in [1.54, 1.807) is 0 Å². The van der Waals surface area contributed by atoms with Gasteiger partial charge >= 0.3 is 6.18 Å². The molecule has 1 atom stereocenters. The van der Waals surface area contributed by atoms with Crippen LogP contribution in [0.4, 0.5) is 13.2 Å². The number of hydrogen-bond acceptors (Lipinski definition) is 2. The smallest absolute Gasteiger partial charge is 0.348 e. The van der Waals surface area contributed by atoms with Crippen molar-refractivity contribution >= 4 is 17.5 Å². The van der Waals surface area contributed by atoms with Gasteiger partial charge in [0.1, 0.15) is 10.8 Å². The summed E-state index contributed by atoms with van der Waals surface area (Å²) in [6.07, 6.45) is -5.40. The molecule has 0 fully saturated rings. The van der Waals surface area contributed by atoms with Gasteiger partial charge in [-0.15, -0.1) is 0 Å². The molecule has 1 N–H and O–H groups in total. The molecule has 1 heterocycles. The van der Waals surface area contributed by atoms with Crippen molar-refractivity contribution in [3.8, 4) is 0 Å². The first-order valence-corrected chi connectivity index (χ1v) is 5.16. The van der Waals surface area contributed by atoms with Crippen molar-refractivity contribution in [3.63, 3.8) is 0 Å². The number of pyridine rings is 1. The first kappa shape index (κ1) is 13.8. The summed E-state index contributed by atoms with van der Waals surface area (Å²) in [5, 5.41) is 2.31. The molecule has 0 aromatic carbocycles. The highest BCUT2D eigenvalue weighted by Crippen LogP contribution is 2.21. The first-order chi connectivity index (χ1) is 7.78. The Labute approximate surface area is 101 Å². The molecule has 17 heavy (non-hydrogen) atoms. The molecule has 3 nitrogen and oxygen atoms in total. The second-order valence-corrected chi connectivity index (χ2v) is 3.93. The molecule has 1 aromatic heterocycles. The standard InChI is InChI=1S/C10H10ClF3N2O/c1-6(5-10(12,13)14)15-9(17)7-3-2-4-8(11)16-7/h2-4,6H,5H2,1H3,(H,15,17). The average Bonchev–Trinajstić information content (AvgIpc) is 2.14. The summed E-state index contributed by atoms with van der Waals surface area (Å²) < 4.78 is 36.1. The van der Waals surface area contributed by atoms with Gasteiger partial charge in [-0.05, 0) is 19.1 Å². The Balaban J connectivity index is 2.61. The number of alkyl halides is 3. The molecular weight excluding hydrogens is 257 g/mol. The lowest BCUT2D eigenvalue weighted by Gasteiger charge is -2.15. The van der Waals surface area contributed by atoms with Gasteiger partial charge in [0.2, 0.25) is 0 Å². The van der Waals surface area contributed by atoms with Crippen LogP contribution in [0.25, 0.3) is 0 Å². The minimum Gasteiger partial charge on any atom is -0.348 e. The molecule has 0 aliphatic heterocycles. The van der Waals surface area contributed by atoms with E-state index >= 15 is 0 Å². The molecule has 0 aliphatic carbocycles. The topological polar surface area (TPSA) is 42.0 Å². The van der Waals surface area contributed by atoms with Gasteiger partial charge in [0, 0.05) is 6.04 Å². The number of carbonyl (C=O) groups excluding carboxylic acids is 1. The SMILES string of the molecule is CC(CC(F)(F)F)NC(=O)c1cccc(Cl)n1. The van der Waals surface area contributed by atoms with Crippen LogP contribution in [0.2, 0.25) is 5.15 Å². The van der Waals surface area contributed by atoms with E-state index < -0.39 is 24.5 Å². The Hall–Kier alpha value is -1.30. The molecule has 0 aliphatic rings. The van der Waals surface area contributed by atoms with Gasteiger partial charge < -0.3 is 5.32 Å². The van der Waals surface area contributed by atoms with E-state index in [0.717, 1.165) is 0 Å². The number of nitrogens with one attached hydrogen (secondary N) is 1. The number of amides is 1. The zero-order valence-electron chi connectivity index (χ0n) is 8.88. The van der Waals surface area contributed by atoms with E-state index in [-0.39, 0.29) is 10.8 Å². The predicted octanol–water partition coefficient (Wildman–Crippen LogP) is 2.81. The summed E-state index contributed by atoms with van der Waals surface area (Å²) >= 11 is 5.56. The second-order valence-electron chi connectivity index (χ2n) is 3.54. The van der Waals surface area contributed by atoms with Crippen LogP contribution >= 0.6 is 11.6 Å². The van der Waals surface area contributed by atoms with Gasteiger partial charge in [-0.2, -0.15) is 13.2 Å². The summed E-state index contributed by atoms with van der Waals surface area (Å²) in [5.74, 6) is -0.677. The fraction of sp³-hybridized carbons (Fsp3) is 0.400. The van der Waals surface area contributed by atoms with Crippen LogP contribution in [-0.2, 0) is 0 Å². The molecule has 0 bridgehead atoms. The minimum absolute atomic E-state index is 0.00785. The van der Waals surface area contributed by atoms with Crippen molar-refractivity contribution in [2.75, 3.05) is 0 Å². The largest absolute Gasteiger partial charge is 0.391 e. The predicted molar refractivity (Wildman–Crippen MR) is 56.8 cm³/mol. The summed E-state index contributed by atoms with van der Waals surface area (Å²) in [7, 11) is 0. The normalized spacial score (nSPS) is 13.2. The average molecular weight is 267 g/mol. The maximum Gasteiger partial charge on any atom is 0.391 e. The Morgan fingerprint density at radius 2 is 2.18 bits per heavy atom. The highest BCUT2D eigenvalue weighted by Gasteiger charge is 2.30. The van der Waals surface area contributed by atoms with Crippen LogP contribution < -0.4 is 5.32 Å². The number of halogens is 4. The summed E-state index contributed by atoms with van der Waals surface area (Å²) in [4.78, 5) is 15.2. The molecule has 1 aromatic rings. The third-order valence-corrected chi connectivity index (χ3v) is 2.07. The van der Waals surface area contributed by atoms with E-state index in [4.69, 9.17) is 11.6 Å². The number of nitrogens with zero attached hydrogens (tertiary/aromatic N) is 1. The molecule has 0 saturated carbocycles. The van der Waals surface area contributed by atoms with Gasteiger partial charge in [0.25, 0.3) is 5.91 Å². The van der Waals surface area contributed by atoms with Crippen molar-refractivity contribution in [2.45, 2.75) is 25.6 Å². The zero-order valence-corrected chi connectivity index (χ0v) is 9.64. The third-order valence-electron chi connectivity index (χ3n) is 1.86. The zero-order chi connectivity index (χ0) is 13.1. The molecule has 0 saturated heterocycles. The lowest BCUT2D eigenvalue weighted by Crippen LogP contribution is -2.36. The van der Waals surface area contributed by atoms with Crippen LogP contribution in [0.3, 0.4) is 0 Å². The Kier molecular flexibility index (Phi) is 4.34. The van der Waals surface area contributed by atoms with Gasteiger partial charge in [0.05, 0.1) is 6.42 Å². The Bertz CT molecular complexity index is 409. The number of carbonyl (C=O) groups is 1. The van der Waals surface area contributed by atoms with Crippen LogP contribution in [0.1, 0.15) is 23.8 Å². The van der Waals surface area contributed by atoms with Crippen molar-refractivity contribution in [1.82, 2.24) is 10.3 Å². The maximum atomic E-state index is 12.0. The van der Waals surface area contributed by atoms with Gasteiger partial charge in [0.15, 0.2) is 0 Å². The molecule has 1 unspecified atom stereocenters. The number of aromatic nitrogens is 1. The maximum absolute atomic E-state index is 12.0. The molecule has 1 rings (SSSR count). The minimum atomic E-state index is -4.31. The van der Waals surface area contributed by atoms with Crippen LogP contribution in [0.5, 0.6) is 0 Å². The summed E-state index contributed by atoms with van der Waals surface area (Å²) in [6.45, 7) is 1.27.